The van der Waals surface area contributed by atoms with Gasteiger partial charge in [0.2, 0.25) is 0 Å². The van der Waals surface area contributed by atoms with Crippen LogP contribution in [-0.2, 0) is 16.6 Å². The molecule has 3 N–H and O–H groups in total. The van der Waals surface area contributed by atoms with Gasteiger partial charge in [-0.3, -0.25) is 0 Å². The second kappa shape index (κ2) is 5.65. The summed E-state index contributed by atoms with van der Waals surface area (Å²) in [6, 6.07) is 1.18. The molecule has 2 aromatic rings. The first-order valence-corrected chi connectivity index (χ1v) is 8.44. The number of sulfonamides is 1. The summed E-state index contributed by atoms with van der Waals surface area (Å²) in [5, 5.41) is 5.58. The summed E-state index contributed by atoms with van der Waals surface area (Å²) in [7, 11) is -3.56. The summed E-state index contributed by atoms with van der Waals surface area (Å²) in [4.78, 5) is 0. The SMILES string of the molecule is Cc1noc(C)c1C(C)NS(=O)(=O)c1cc(CN)cs1. The molecule has 2 aromatic heterocycles. The number of nitrogens with two attached hydrogens (primary N) is 1. The monoisotopic (exact) mass is 315 g/mol. The van der Waals surface area contributed by atoms with Crippen molar-refractivity contribution in [3.8, 4) is 0 Å². The van der Waals surface area contributed by atoms with Crippen LogP contribution < -0.4 is 10.5 Å². The van der Waals surface area contributed by atoms with E-state index in [0.29, 0.717) is 18.0 Å². The van der Waals surface area contributed by atoms with E-state index in [9.17, 15) is 8.42 Å². The highest BCUT2D eigenvalue weighted by Crippen LogP contribution is 2.25. The first kappa shape index (κ1) is 15.2. The van der Waals surface area contributed by atoms with E-state index < -0.39 is 16.1 Å². The molecule has 2 rings (SSSR count). The van der Waals surface area contributed by atoms with Crippen LogP contribution in [0.4, 0.5) is 0 Å². The summed E-state index contributed by atoms with van der Waals surface area (Å²) in [6.45, 7) is 5.64. The van der Waals surface area contributed by atoms with Crippen molar-refractivity contribution in [1.29, 1.82) is 0 Å². The smallest absolute Gasteiger partial charge is 0.250 e. The Kier molecular flexibility index (Phi) is 4.28. The lowest BCUT2D eigenvalue weighted by molar-refractivity contribution is 0.391. The zero-order chi connectivity index (χ0) is 14.9. The van der Waals surface area contributed by atoms with Gasteiger partial charge in [0, 0.05) is 18.2 Å². The Morgan fingerprint density at radius 3 is 2.70 bits per heavy atom. The van der Waals surface area contributed by atoms with Crippen molar-refractivity contribution in [2.45, 2.75) is 37.6 Å². The van der Waals surface area contributed by atoms with Crippen LogP contribution in [0.3, 0.4) is 0 Å². The predicted molar refractivity (Wildman–Crippen MR) is 76.9 cm³/mol. The highest BCUT2D eigenvalue weighted by Gasteiger charge is 2.24. The van der Waals surface area contributed by atoms with E-state index in [-0.39, 0.29) is 4.21 Å². The molecule has 20 heavy (non-hydrogen) atoms. The Hall–Kier alpha value is -1.22. The number of aromatic nitrogens is 1. The molecule has 0 saturated heterocycles. The highest BCUT2D eigenvalue weighted by atomic mass is 32.2. The van der Waals surface area contributed by atoms with E-state index in [1.54, 1.807) is 32.2 Å². The number of aryl methyl sites for hydroxylation is 2. The van der Waals surface area contributed by atoms with Crippen molar-refractivity contribution in [2.75, 3.05) is 0 Å². The van der Waals surface area contributed by atoms with Gasteiger partial charge in [-0.2, -0.15) is 0 Å². The summed E-state index contributed by atoms with van der Waals surface area (Å²) in [6.07, 6.45) is 0. The van der Waals surface area contributed by atoms with Gasteiger partial charge in [0.25, 0.3) is 10.0 Å². The Balaban J connectivity index is 2.24. The largest absolute Gasteiger partial charge is 0.361 e. The Morgan fingerprint density at radius 2 is 2.20 bits per heavy atom. The minimum Gasteiger partial charge on any atom is -0.361 e. The van der Waals surface area contributed by atoms with Crippen molar-refractivity contribution in [3.05, 3.63) is 34.0 Å². The van der Waals surface area contributed by atoms with E-state index in [1.165, 1.54) is 0 Å². The molecule has 0 saturated carbocycles. The van der Waals surface area contributed by atoms with Gasteiger partial charge in [-0.15, -0.1) is 11.3 Å². The number of thiophene rings is 1. The summed E-state index contributed by atoms with van der Waals surface area (Å²) >= 11 is 1.16. The average Bonchev–Trinajstić information content (AvgIpc) is 2.96. The minimum absolute atomic E-state index is 0.261. The predicted octanol–water partition coefficient (Wildman–Crippen LogP) is 1.85. The number of nitrogens with one attached hydrogen (secondary N) is 1. The van der Waals surface area contributed by atoms with Crippen LogP contribution in [0.5, 0.6) is 0 Å². The Bertz CT molecular complexity index is 684. The third kappa shape index (κ3) is 2.93. The van der Waals surface area contributed by atoms with E-state index in [2.05, 4.69) is 9.88 Å². The van der Waals surface area contributed by atoms with Crippen LogP contribution in [0, 0.1) is 13.8 Å². The molecular weight excluding hydrogens is 298 g/mol. The number of rotatable bonds is 5. The molecule has 0 radical (unpaired) electrons. The average molecular weight is 315 g/mol. The van der Waals surface area contributed by atoms with Crippen molar-refractivity contribution in [2.24, 2.45) is 5.73 Å². The molecule has 0 amide bonds. The van der Waals surface area contributed by atoms with Crippen LogP contribution in [0.25, 0.3) is 0 Å². The molecule has 0 fully saturated rings. The zero-order valence-corrected chi connectivity index (χ0v) is 13.1. The molecule has 0 aliphatic carbocycles. The quantitative estimate of drug-likeness (QED) is 0.877. The maximum atomic E-state index is 12.3. The van der Waals surface area contributed by atoms with Crippen molar-refractivity contribution >= 4 is 21.4 Å². The van der Waals surface area contributed by atoms with E-state index in [1.807, 2.05) is 0 Å². The van der Waals surface area contributed by atoms with Gasteiger partial charge in [-0.1, -0.05) is 5.16 Å². The fraction of sp³-hybridized carbons (Fsp3) is 0.417. The molecule has 0 bridgehead atoms. The van der Waals surface area contributed by atoms with E-state index in [0.717, 1.165) is 22.5 Å². The molecule has 0 aliphatic heterocycles. The zero-order valence-electron chi connectivity index (χ0n) is 11.5. The van der Waals surface area contributed by atoms with Crippen LogP contribution in [0.15, 0.2) is 20.2 Å². The number of hydrogen-bond donors (Lipinski definition) is 2. The molecule has 110 valence electrons. The van der Waals surface area contributed by atoms with Gasteiger partial charge < -0.3 is 10.3 Å². The lowest BCUT2D eigenvalue weighted by Crippen LogP contribution is -2.26. The number of hydrogen-bond acceptors (Lipinski definition) is 6. The normalized spacial score (nSPS) is 13.6. The van der Waals surface area contributed by atoms with Gasteiger partial charge in [0.05, 0.1) is 5.69 Å². The first-order valence-electron chi connectivity index (χ1n) is 6.07. The first-order chi connectivity index (χ1) is 9.35. The fourth-order valence-electron chi connectivity index (χ4n) is 2.06. The van der Waals surface area contributed by atoms with Gasteiger partial charge in [-0.05, 0) is 37.8 Å². The Labute approximate surface area is 122 Å². The second-order valence-corrected chi connectivity index (χ2v) is 7.41. The third-order valence-electron chi connectivity index (χ3n) is 2.98. The van der Waals surface area contributed by atoms with Crippen molar-refractivity contribution < 1.29 is 12.9 Å². The van der Waals surface area contributed by atoms with Gasteiger partial charge >= 0.3 is 0 Å². The topological polar surface area (TPSA) is 98.2 Å². The maximum Gasteiger partial charge on any atom is 0.250 e. The fourth-order valence-corrected chi connectivity index (χ4v) is 4.51. The standard InChI is InChI=1S/C12H17N3O3S2/c1-7-12(9(3)18-14-7)8(2)15-20(16,17)11-4-10(5-13)6-19-11/h4,6,8,15H,5,13H2,1-3H3. The van der Waals surface area contributed by atoms with Crippen LogP contribution >= 0.6 is 11.3 Å². The molecule has 8 heteroatoms. The molecular formula is C12H17N3O3S2. The van der Waals surface area contributed by atoms with E-state index >= 15 is 0 Å². The molecule has 1 atom stereocenters. The minimum atomic E-state index is -3.56. The molecule has 2 heterocycles. The molecule has 0 spiro atoms. The molecule has 6 nitrogen and oxygen atoms in total. The summed E-state index contributed by atoms with van der Waals surface area (Å²) in [5.74, 6) is 0.617. The van der Waals surface area contributed by atoms with Crippen molar-refractivity contribution in [3.63, 3.8) is 0 Å². The van der Waals surface area contributed by atoms with E-state index in [4.69, 9.17) is 10.3 Å². The lowest BCUT2D eigenvalue weighted by Gasteiger charge is -2.13. The Morgan fingerprint density at radius 1 is 1.50 bits per heavy atom. The highest BCUT2D eigenvalue weighted by molar-refractivity contribution is 7.91. The van der Waals surface area contributed by atoms with Gasteiger partial charge in [0.1, 0.15) is 9.97 Å². The van der Waals surface area contributed by atoms with Gasteiger partial charge in [0.15, 0.2) is 0 Å². The summed E-state index contributed by atoms with van der Waals surface area (Å²) < 4.78 is 32.6. The van der Waals surface area contributed by atoms with Crippen LogP contribution in [0.1, 0.15) is 35.5 Å². The second-order valence-electron chi connectivity index (χ2n) is 4.56. The van der Waals surface area contributed by atoms with Crippen molar-refractivity contribution in [1.82, 2.24) is 9.88 Å². The summed E-state index contributed by atoms with van der Waals surface area (Å²) in [5.41, 5.74) is 7.76. The number of nitrogens with zero attached hydrogens (tertiary/aromatic N) is 1. The van der Waals surface area contributed by atoms with Gasteiger partial charge in [-0.25, -0.2) is 13.1 Å². The van der Waals surface area contributed by atoms with Crippen LogP contribution in [0.2, 0.25) is 0 Å². The third-order valence-corrected chi connectivity index (χ3v) is 6.01. The molecule has 0 aromatic carbocycles. The molecule has 1 unspecified atom stereocenters. The maximum absolute atomic E-state index is 12.3. The van der Waals surface area contributed by atoms with Crippen LogP contribution in [-0.4, -0.2) is 13.6 Å². The lowest BCUT2D eigenvalue weighted by atomic mass is 10.1. The molecule has 0 aliphatic rings.